The van der Waals surface area contributed by atoms with Gasteiger partial charge in [-0.3, -0.25) is 4.90 Å². The molecule has 0 saturated carbocycles. The van der Waals surface area contributed by atoms with Crippen molar-refractivity contribution in [2.75, 3.05) is 27.3 Å². The summed E-state index contributed by atoms with van der Waals surface area (Å²) in [7, 11) is 3.31. The summed E-state index contributed by atoms with van der Waals surface area (Å²) in [6, 6.07) is 5.65. The average molecular weight is 280 g/mol. The van der Waals surface area contributed by atoms with Crippen LogP contribution in [0.3, 0.4) is 0 Å². The Morgan fingerprint density at radius 3 is 2.47 bits per heavy atom. The Bertz CT molecular complexity index is 459. The zero-order valence-corrected chi connectivity index (χ0v) is 12.2. The Morgan fingerprint density at radius 2 is 1.95 bits per heavy atom. The summed E-state index contributed by atoms with van der Waals surface area (Å²) in [4.78, 5) is 2.79. The Morgan fingerprint density at radius 1 is 1.26 bits per heavy atom. The Labute approximate surface area is 119 Å². The van der Waals surface area contributed by atoms with E-state index in [4.69, 9.17) is 27.4 Å². The molecule has 1 aromatic rings. The van der Waals surface area contributed by atoms with Crippen molar-refractivity contribution in [3.63, 3.8) is 0 Å². The number of nitrogens with two attached hydrogens (primary N) is 1. The highest BCUT2D eigenvalue weighted by molar-refractivity contribution is 7.80. The van der Waals surface area contributed by atoms with E-state index in [1.165, 1.54) is 12.8 Å². The summed E-state index contributed by atoms with van der Waals surface area (Å²) in [6.45, 7) is 2.03. The van der Waals surface area contributed by atoms with Gasteiger partial charge in [0.15, 0.2) is 0 Å². The Balaban J connectivity index is 2.41. The summed E-state index contributed by atoms with van der Waals surface area (Å²) in [6.07, 6.45) is 2.37. The molecule has 1 aromatic carbocycles. The molecule has 1 saturated heterocycles. The molecule has 0 aromatic heterocycles. The largest absolute Gasteiger partial charge is 0.497 e. The van der Waals surface area contributed by atoms with Crippen LogP contribution in [-0.4, -0.2) is 37.2 Å². The van der Waals surface area contributed by atoms with Crippen LogP contribution >= 0.6 is 12.2 Å². The second-order valence-corrected chi connectivity index (χ2v) is 5.13. The maximum absolute atomic E-state index is 5.96. The van der Waals surface area contributed by atoms with Crippen LogP contribution in [0.25, 0.3) is 0 Å². The highest BCUT2D eigenvalue weighted by atomic mass is 32.1. The van der Waals surface area contributed by atoms with Gasteiger partial charge in [-0.1, -0.05) is 12.2 Å². The predicted octanol–water partition coefficient (Wildman–Crippen LogP) is 2.13. The molecule has 4 nitrogen and oxygen atoms in total. The van der Waals surface area contributed by atoms with E-state index in [1.807, 2.05) is 18.2 Å². The zero-order chi connectivity index (χ0) is 13.8. The summed E-state index contributed by atoms with van der Waals surface area (Å²) in [5.41, 5.74) is 6.94. The summed E-state index contributed by atoms with van der Waals surface area (Å²) < 4.78 is 10.7. The monoisotopic (exact) mass is 280 g/mol. The van der Waals surface area contributed by atoms with Gasteiger partial charge in [0.1, 0.15) is 11.5 Å². The van der Waals surface area contributed by atoms with Gasteiger partial charge in [-0.05, 0) is 44.1 Å². The standard InChI is InChI=1S/C14H20N2O2S/c1-17-10-5-6-12(18-2)11(9-10)13(14(15)19)16-7-3-4-8-16/h5-6,9,13H,3-4,7-8H2,1-2H3,(H2,15,19). The van der Waals surface area contributed by atoms with Gasteiger partial charge in [-0.15, -0.1) is 0 Å². The predicted molar refractivity (Wildman–Crippen MR) is 79.9 cm³/mol. The van der Waals surface area contributed by atoms with E-state index in [9.17, 15) is 0 Å². The molecule has 5 heteroatoms. The minimum absolute atomic E-state index is 0.0810. The number of ether oxygens (including phenoxy) is 2. The van der Waals surface area contributed by atoms with Crippen LogP contribution in [0, 0.1) is 0 Å². The first kappa shape index (κ1) is 14.1. The lowest BCUT2D eigenvalue weighted by atomic mass is 10.0. The molecule has 1 aliphatic heterocycles. The van der Waals surface area contributed by atoms with Gasteiger partial charge >= 0.3 is 0 Å². The highest BCUT2D eigenvalue weighted by Crippen LogP contribution is 2.34. The number of hydrogen-bond acceptors (Lipinski definition) is 4. The smallest absolute Gasteiger partial charge is 0.124 e. The first-order valence-electron chi connectivity index (χ1n) is 6.42. The normalized spacial score (nSPS) is 17.2. The van der Waals surface area contributed by atoms with Gasteiger partial charge < -0.3 is 15.2 Å². The molecule has 1 atom stereocenters. The van der Waals surface area contributed by atoms with Crippen LogP contribution in [0.5, 0.6) is 11.5 Å². The summed E-state index contributed by atoms with van der Waals surface area (Å²) >= 11 is 5.26. The minimum atomic E-state index is -0.0810. The molecule has 2 N–H and O–H groups in total. The minimum Gasteiger partial charge on any atom is -0.497 e. The zero-order valence-electron chi connectivity index (χ0n) is 11.4. The molecule has 0 radical (unpaired) electrons. The van der Waals surface area contributed by atoms with Gasteiger partial charge in [-0.2, -0.15) is 0 Å². The Hall–Kier alpha value is -1.33. The SMILES string of the molecule is COc1ccc(OC)c(C(C(N)=S)N2CCCC2)c1. The third-order valence-electron chi connectivity index (χ3n) is 3.51. The van der Waals surface area contributed by atoms with E-state index in [0.29, 0.717) is 4.99 Å². The summed E-state index contributed by atoms with van der Waals surface area (Å²) in [5, 5.41) is 0. The third kappa shape index (κ3) is 2.98. The van der Waals surface area contributed by atoms with Gasteiger partial charge in [0.2, 0.25) is 0 Å². The van der Waals surface area contributed by atoms with Crippen molar-refractivity contribution in [2.24, 2.45) is 5.73 Å². The van der Waals surface area contributed by atoms with E-state index in [0.717, 1.165) is 30.2 Å². The quantitative estimate of drug-likeness (QED) is 0.837. The van der Waals surface area contributed by atoms with Gasteiger partial charge in [-0.25, -0.2) is 0 Å². The number of rotatable bonds is 5. The van der Waals surface area contributed by atoms with E-state index in [-0.39, 0.29) is 6.04 Å². The lowest BCUT2D eigenvalue weighted by Gasteiger charge is -2.28. The molecule has 2 rings (SSSR count). The van der Waals surface area contributed by atoms with Crippen molar-refractivity contribution < 1.29 is 9.47 Å². The van der Waals surface area contributed by atoms with E-state index in [1.54, 1.807) is 14.2 Å². The van der Waals surface area contributed by atoms with Crippen molar-refractivity contribution in [2.45, 2.75) is 18.9 Å². The van der Waals surface area contributed by atoms with Crippen LogP contribution in [0.1, 0.15) is 24.4 Å². The third-order valence-corrected chi connectivity index (χ3v) is 3.73. The van der Waals surface area contributed by atoms with E-state index >= 15 is 0 Å². The molecule has 1 aliphatic rings. The molecule has 0 amide bonds. The van der Waals surface area contributed by atoms with Crippen LogP contribution in [0.15, 0.2) is 18.2 Å². The fourth-order valence-corrected chi connectivity index (χ4v) is 2.86. The molecule has 1 unspecified atom stereocenters. The van der Waals surface area contributed by atoms with Crippen molar-refractivity contribution in [1.82, 2.24) is 4.90 Å². The van der Waals surface area contributed by atoms with Crippen molar-refractivity contribution in [1.29, 1.82) is 0 Å². The van der Waals surface area contributed by atoms with Gasteiger partial charge in [0.25, 0.3) is 0 Å². The number of benzene rings is 1. The van der Waals surface area contributed by atoms with Gasteiger partial charge in [0, 0.05) is 5.56 Å². The van der Waals surface area contributed by atoms with Crippen molar-refractivity contribution in [3.8, 4) is 11.5 Å². The van der Waals surface area contributed by atoms with Gasteiger partial charge in [0.05, 0.1) is 25.2 Å². The number of methoxy groups -OCH3 is 2. The van der Waals surface area contributed by atoms with Crippen molar-refractivity contribution >= 4 is 17.2 Å². The highest BCUT2D eigenvalue weighted by Gasteiger charge is 2.28. The molecule has 0 spiro atoms. The molecule has 1 fully saturated rings. The van der Waals surface area contributed by atoms with Crippen LogP contribution in [0.2, 0.25) is 0 Å². The molecule has 0 bridgehead atoms. The fraction of sp³-hybridized carbons (Fsp3) is 0.500. The van der Waals surface area contributed by atoms with Crippen molar-refractivity contribution in [3.05, 3.63) is 23.8 Å². The number of thiocarbonyl (C=S) groups is 1. The van der Waals surface area contributed by atoms with Crippen LogP contribution in [-0.2, 0) is 0 Å². The Kier molecular flexibility index (Phi) is 4.61. The molecule has 19 heavy (non-hydrogen) atoms. The maximum Gasteiger partial charge on any atom is 0.124 e. The lowest BCUT2D eigenvalue weighted by Crippen LogP contribution is -2.35. The molecule has 104 valence electrons. The van der Waals surface area contributed by atoms with E-state index < -0.39 is 0 Å². The van der Waals surface area contributed by atoms with E-state index in [2.05, 4.69) is 4.90 Å². The average Bonchev–Trinajstić information content (AvgIpc) is 2.92. The topological polar surface area (TPSA) is 47.7 Å². The molecule has 1 heterocycles. The molecular weight excluding hydrogens is 260 g/mol. The number of likely N-dealkylation sites (tertiary alicyclic amines) is 1. The second kappa shape index (κ2) is 6.21. The van der Waals surface area contributed by atoms with Crippen LogP contribution in [0.4, 0.5) is 0 Å². The van der Waals surface area contributed by atoms with Crippen LogP contribution < -0.4 is 15.2 Å². The first-order valence-corrected chi connectivity index (χ1v) is 6.83. The maximum atomic E-state index is 5.96. The molecular formula is C14H20N2O2S. The fourth-order valence-electron chi connectivity index (χ4n) is 2.58. The number of hydrogen-bond donors (Lipinski definition) is 1. The lowest BCUT2D eigenvalue weighted by molar-refractivity contribution is 0.295. The summed E-state index contributed by atoms with van der Waals surface area (Å²) in [5.74, 6) is 1.58. The first-order chi connectivity index (χ1) is 9.17. The molecule has 0 aliphatic carbocycles. The number of nitrogens with zero attached hydrogens (tertiary/aromatic N) is 1. The second-order valence-electron chi connectivity index (χ2n) is 4.66.